The maximum absolute atomic E-state index is 12.3. The highest BCUT2D eigenvalue weighted by molar-refractivity contribution is 7.87. The smallest absolute Gasteiger partial charge is 0.279 e. The first-order valence-electron chi connectivity index (χ1n) is 6.95. The van der Waals surface area contributed by atoms with E-state index < -0.39 is 10.2 Å². The Morgan fingerprint density at radius 2 is 2.10 bits per heavy atom. The third-order valence-corrected chi connectivity index (χ3v) is 6.37. The van der Waals surface area contributed by atoms with Crippen molar-refractivity contribution >= 4 is 21.5 Å². The fourth-order valence-electron chi connectivity index (χ4n) is 2.48. The first kappa shape index (κ1) is 15.9. The highest BCUT2D eigenvalue weighted by atomic mass is 32.2. The van der Waals surface area contributed by atoms with Crippen LogP contribution in [0.3, 0.4) is 0 Å². The van der Waals surface area contributed by atoms with Crippen molar-refractivity contribution in [3.63, 3.8) is 0 Å². The Bertz CT molecular complexity index is 519. The summed E-state index contributed by atoms with van der Waals surface area (Å²) in [5.41, 5.74) is 1.14. The summed E-state index contributed by atoms with van der Waals surface area (Å²) in [5, 5.41) is 5.15. The summed E-state index contributed by atoms with van der Waals surface area (Å²) >= 11 is 1.59. The number of hydrogen-bond acceptors (Lipinski definition) is 4. The summed E-state index contributed by atoms with van der Waals surface area (Å²) in [6.07, 6.45) is 1.86. The van der Waals surface area contributed by atoms with Crippen molar-refractivity contribution in [1.29, 1.82) is 0 Å². The van der Waals surface area contributed by atoms with Crippen molar-refractivity contribution in [2.45, 2.75) is 26.3 Å². The lowest BCUT2D eigenvalue weighted by Crippen LogP contribution is -2.45. The third-order valence-electron chi connectivity index (χ3n) is 3.79. The van der Waals surface area contributed by atoms with Crippen molar-refractivity contribution < 1.29 is 8.42 Å². The lowest BCUT2D eigenvalue weighted by molar-refractivity contribution is 0.268. The molecule has 0 atom stereocenters. The SMILES string of the molecule is CNCC1CCN(S(=O)(=O)NCc2sccc2C)CC1. The van der Waals surface area contributed by atoms with E-state index in [9.17, 15) is 8.42 Å². The molecule has 1 saturated heterocycles. The predicted octanol–water partition coefficient (Wildman–Crippen LogP) is 1.32. The molecular formula is C13H23N3O2S2. The Labute approximate surface area is 125 Å². The summed E-state index contributed by atoms with van der Waals surface area (Å²) in [6, 6.07) is 2.01. The second-order valence-electron chi connectivity index (χ2n) is 5.25. The molecule has 2 rings (SSSR count). The van der Waals surface area contributed by atoms with Crippen molar-refractivity contribution in [3.8, 4) is 0 Å². The van der Waals surface area contributed by atoms with Crippen molar-refractivity contribution in [1.82, 2.24) is 14.3 Å². The zero-order valence-corrected chi connectivity index (χ0v) is 13.7. The van der Waals surface area contributed by atoms with Gasteiger partial charge in [0.05, 0.1) is 0 Å². The molecule has 5 nitrogen and oxygen atoms in total. The highest BCUT2D eigenvalue weighted by Gasteiger charge is 2.27. The van der Waals surface area contributed by atoms with Crippen LogP contribution in [0.15, 0.2) is 11.4 Å². The molecule has 7 heteroatoms. The number of nitrogens with one attached hydrogen (secondary N) is 2. The molecule has 0 aromatic carbocycles. The zero-order valence-electron chi connectivity index (χ0n) is 12.1. The van der Waals surface area contributed by atoms with Crippen LogP contribution < -0.4 is 10.0 Å². The van der Waals surface area contributed by atoms with Gasteiger partial charge in [-0.15, -0.1) is 11.3 Å². The van der Waals surface area contributed by atoms with Crippen molar-refractivity contribution in [3.05, 3.63) is 21.9 Å². The molecule has 0 saturated carbocycles. The molecule has 2 heterocycles. The van der Waals surface area contributed by atoms with Crippen LogP contribution in [0.4, 0.5) is 0 Å². The van der Waals surface area contributed by atoms with E-state index >= 15 is 0 Å². The molecule has 1 aliphatic heterocycles. The van der Waals surface area contributed by atoms with Gasteiger partial charge in [0.15, 0.2) is 0 Å². The van der Waals surface area contributed by atoms with Gasteiger partial charge in [-0.05, 0) is 56.3 Å². The third kappa shape index (κ3) is 4.02. The molecule has 0 radical (unpaired) electrons. The minimum atomic E-state index is -3.34. The number of piperidine rings is 1. The predicted molar refractivity (Wildman–Crippen MR) is 83.0 cm³/mol. The first-order valence-corrected chi connectivity index (χ1v) is 9.27. The zero-order chi connectivity index (χ0) is 14.6. The van der Waals surface area contributed by atoms with E-state index in [1.165, 1.54) is 0 Å². The minimum absolute atomic E-state index is 0.391. The number of hydrogen-bond donors (Lipinski definition) is 2. The van der Waals surface area contributed by atoms with E-state index in [0.29, 0.717) is 25.6 Å². The van der Waals surface area contributed by atoms with Crippen LogP contribution in [-0.2, 0) is 16.8 Å². The number of nitrogens with zero attached hydrogens (tertiary/aromatic N) is 1. The summed E-state index contributed by atoms with van der Waals surface area (Å²) in [7, 11) is -1.41. The largest absolute Gasteiger partial charge is 0.319 e. The second kappa shape index (κ2) is 7.00. The molecular weight excluding hydrogens is 294 g/mol. The molecule has 20 heavy (non-hydrogen) atoms. The fourth-order valence-corrected chi connectivity index (χ4v) is 4.61. The molecule has 0 amide bonds. The molecule has 0 unspecified atom stereocenters. The molecule has 1 aliphatic rings. The molecule has 1 fully saturated rings. The maximum Gasteiger partial charge on any atom is 0.279 e. The Morgan fingerprint density at radius 3 is 2.65 bits per heavy atom. The average Bonchev–Trinajstić information content (AvgIpc) is 2.83. The summed E-state index contributed by atoms with van der Waals surface area (Å²) in [5.74, 6) is 0.589. The van der Waals surface area contributed by atoms with E-state index in [0.717, 1.165) is 29.8 Å². The molecule has 0 aliphatic carbocycles. The Kier molecular flexibility index (Phi) is 5.57. The summed E-state index contributed by atoms with van der Waals surface area (Å²) < 4.78 is 28.8. The van der Waals surface area contributed by atoms with Gasteiger partial charge >= 0.3 is 0 Å². The summed E-state index contributed by atoms with van der Waals surface area (Å²) in [6.45, 7) is 4.59. The average molecular weight is 317 g/mol. The van der Waals surface area contributed by atoms with Gasteiger partial charge in [-0.25, -0.2) is 0 Å². The quantitative estimate of drug-likeness (QED) is 0.832. The van der Waals surface area contributed by atoms with Crippen LogP contribution in [0.5, 0.6) is 0 Å². The maximum atomic E-state index is 12.3. The second-order valence-corrected chi connectivity index (χ2v) is 8.01. The number of aryl methyl sites for hydroxylation is 1. The van der Waals surface area contributed by atoms with Crippen LogP contribution in [0.25, 0.3) is 0 Å². The lowest BCUT2D eigenvalue weighted by atomic mass is 9.98. The normalized spacial score (nSPS) is 18.5. The van der Waals surface area contributed by atoms with Gasteiger partial charge in [0.1, 0.15) is 0 Å². The van der Waals surface area contributed by atoms with Crippen LogP contribution >= 0.6 is 11.3 Å². The Hall–Kier alpha value is -0.470. The van der Waals surface area contributed by atoms with Gasteiger partial charge in [-0.1, -0.05) is 0 Å². The molecule has 0 spiro atoms. The van der Waals surface area contributed by atoms with Gasteiger partial charge in [0.2, 0.25) is 0 Å². The molecule has 1 aromatic rings. The van der Waals surface area contributed by atoms with Gasteiger partial charge in [-0.2, -0.15) is 17.4 Å². The van der Waals surface area contributed by atoms with E-state index in [1.54, 1.807) is 15.6 Å². The minimum Gasteiger partial charge on any atom is -0.319 e. The van der Waals surface area contributed by atoms with Crippen LogP contribution in [0.2, 0.25) is 0 Å². The van der Waals surface area contributed by atoms with Crippen LogP contribution in [-0.4, -0.2) is 39.4 Å². The molecule has 114 valence electrons. The van der Waals surface area contributed by atoms with Gasteiger partial charge < -0.3 is 5.32 Å². The highest BCUT2D eigenvalue weighted by Crippen LogP contribution is 2.19. The van der Waals surface area contributed by atoms with E-state index in [1.807, 2.05) is 25.4 Å². The number of rotatable bonds is 6. The summed E-state index contributed by atoms with van der Waals surface area (Å²) in [4.78, 5) is 1.08. The Morgan fingerprint density at radius 1 is 1.40 bits per heavy atom. The van der Waals surface area contributed by atoms with Crippen molar-refractivity contribution in [2.75, 3.05) is 26.7 Å². The van der Waals surface area contributed by atoms with E-state index in [4.69, 9.17) is 0 Å². The molecule has 2 N–H and O–H groups in total. The Balaban J connectivity index is 1.87. The first-order chi connectivity index (χ1) is 9.53. The van der Waals surface area contributed by atoms with Gasteiger partial charge in [0, 0.05) is 24.5 Å². The topological polar surface area (TPSA) is 61.4 Å². The van der Waals surface area contributed by atoms with Crippen molar-refractivity contribution in [2.24, 2.45) is 5.92 Å². The monoisotopic (exact) mass is 317 g/mol. The molecule has 0 bridgehead atoms. The van der Waals surface area contributed by atoms with Gasteiger partial charge in [0.25, 0.3) is 10.2 Å². The number of thiophene rings is 1. The van der Waals surface area contributed by atoms with Crippen LogP contribution in [0.1, 0.15) is 23.3 Å². The lowest BCUT2D eigenvalue weighted by Gasteiger charge is -2.31. The van der Waals surface area contributed by atoms with Gasteiger partial charge in [-0.3, -0.25) is 0 Å². The van der Waals surface area contributed by atoms with Crippen LogP contribution in [0, 0.1) is 12.8 Å². The standard InChI is InChI=1S/C13H23N3O2S2/c1-11-5-8-19-13(11)10-15-20(17,18)16-6-3-12(4-7-16)9-14-2/h5,8,12,14-15H,3-4,6-7,9-10H2,1-2H3. The van der Waals surface area contributed by atoms with E-state index in [2.05, 4.69) is 10.0 Å². The van der Waals surface area contributed by atoms with E-state index in [-0.39, 0.29) is 0 Å². The fraction of sp³-hybridized carbons (Fsp3) is 0.692. The molecule has 1 aromatic heterocycles.